The van der Waals surface area contributed by atoms with Crippen molar-refractivity contribution in [2.24, 2.45) is 5.41 Å². The third-order valence-electron chi connectivity index (χ3n) is 9.98. The minimum Gasteiger partial charge on any atom is -0.371 e. The van der Waals surface area contributed by atoms with Gasteiger partial charge in [0.2, 0.25) is 20.0 Å². The summed E-state index contributed by atoms with van der Waals surface area (Å²) >= 11 is 0. The topological polar surface area (TPSA) is 90.9 Å². The number of aryl methyl sites for hydroxylation is 1. The zero-order valence-corrected chi connectivity index (χ0v) is 26.1. The fourth-order valence-electron chi connectivity index (χ4n) is 7.35. The summed E-state index contributed by atoms with van der Waals surface area (Å²) in [6, 6.07) is 15.2. The van der Waals surface area contributed by atoms with Crippen LogP contribution in [0.5, 0.6) is 0 Å². The summed E-state index contributed by atoms with van der Waals surface area (Å²) in [4.78, 5) is 6.87. The van der Waals surface area contributed by atoms with Gasteiger partial charge in [0, 0.05) is 62.2 Å². The Labute approximate surface area is 250 Å². The molecule has 0 amide bonds. The molecule has 6 rings (SSSR count). The van der Waals surface area contributed by atoms with Gasteiger partial charge < -0.3 is 4.90 Å². The van der Waals surface area contributed by atoms with Crippen LogP contribution in [-0.4, -0.2) is 74.9 Å². The Morgan fingerprint density at radius 1 is 0.833 bits per heavy atom. The Balaban J connectivity index is 1.03. The summed E-state index contributed by atoms with van der Waals surface area (Å²) in [5.41, 5.74) is 2.49. The summed E-state index contributed by atoms with van der Waals surface area (Å²) in [5, 5.41) is 1.69. The molecule has 0 N–H and O–H groups in total. The van der Waals surface area contributed by atoms with Crippen molar-refractivity contribution in [1.82, 2.24) is 13.6 Å². The smallest absolute Gasteiger partial charge is 0.243 e. The number of anilines is 1. The SMILES string of the molecule is Cc1ccc(S(=O)(=O)N2CCC[C@H]2CCCS(=O)(=O)N2CCC3(CCN(c4ccncc4)CC3)CC2)c2ccccc12. The monoisotopic (exact) mass is 610 g/mol. The molecule has 0 saturated carbocycles. The van der Waals surface area contributed by atoms with Gasteiger partial charge in [-0.15, -0.1) is 0 Å². The first kappa shape index (κ1) is 29.5. The van der Waals surface area contributed by atoms with Gasteiger partial charge in [-0.3, -0.25) is 4.98 Å². The number of sulfonamides is 2. The molecule has 42 heavy (non-hydrogen) atoms. The fraction of sp³-hybridized carbons (Fsp3) is 0.531. The lowest BCUT2D eigenvalue weighted by atomic mass is 9.71. The molecule has 3 aromatic rings. The van der Waals surface area contributed by atoms with Crippen LogP contribution in [0.15, 0.2) is 65.8 Å². The van der Waals surface area contributed by atoms with Crippen LogP contribution >= 0.6 is 0 Å². The van der Waals surface area contributed by atoms with Gasteiger partial charge in [-0.25, -0.2) is 21.1 Å². The lowest BCUT2D eigenvalue weighted by Crippen LogP contribution is -2.48. The molecule has 0 radical (unpaired) electrons. The van der Waals surface area contributed by atoms with Crippen LogP contribution in [0.4, 0.5) is 5.69 Å². The highest BCUT2D eigenvalue weighted by Crippen LogP contribution is 2.42. The maximum atomic E-state index is 13.8. The number of hydrogen-bond donors (Lipinski definition) is 0. The number of rotatable bonds is 8. The first-order valence-electron chi connectivity index (χ1n) is 15.3. The number of nitrogens with zero attached hydrogens (tertiary/aromatic N) is 4. The van der Waals surface area contributed by atoms with E-state index >= 15 is 0 Å². The Bertz CT molecular complexity index is 1610. The van der Waals surface area contributed by atoms with Crippen molar-refractivity contribution < 1.29 is 16.8 Å². The molecule has 8 nitrogen and oxygen atoms in total. The zero-order chi connectivity index (χ0) is 29.4. The Kier molecular flexibility index (Phi) is 8.34. The Hall–Kier alpha value is -2.53. The second kappa shape index (κ2) is 11.9. The molecule has 4 heterocycles. The van der Waals surface area contributed by atoms with E-state index in [4.69, 9.17) is 0 Å². The van der Waals surface area contributed by atoms with Crippen molar-refractivity contribution in [2.75, 3.05) is 43.4 Å². The van der Waals surface area contributed by atoms with Crippen LogP contribution in [0.2, 0.25) is 0 Å². The van der Waals surface area contributed by atoms with E-state index < -0.39 is 20.0 Å². The van der Waals surface area contributed by atoms with Crippen LogP contribution < -0.4 is 4.90 Å². The van der Waals surface area contributed by atoms with E-state index in [1.165, 1.54) is 5.69 Å². The maximum Gasteiger partial charge on any atom is 0.243 e. The second-order valence-corrected chi connectivity index (χ2v) is 16.3. The van der Waals surface area contributed by atoms with Crippen LogP contribution in [0.3, 0.4) is 0 Å². The van der Waals surface area contributed by atoms with Crippen LogP contribution in [0.1, 0.15) is 56.9 Å². The largest absolute Gasteiger partial charge is 0.371 e. The van der Waals surface area contributed by atoms with Crippen LogP contribution in [0, 0.1) is 12.3 Å². The van der Waals surface area contributed by atoms with Crippen molar-refractivity contribution in [3.63, 3.8) is 0 Å². The molecule has 1 spiro atoms. The van der Waals surface area contributed by atoms with E-state index in [0.717, 1.165) is 68.0 Å². The highest BCUT2D eigenvalue weighted by atomic mass is 32.2. The van der Waals surface area contributed by atoms with E-state index in [9.17, 15) is 16.8 Å². The average molecular weight is 611 g/mol. The van der Waals surface area contributed by atoms with E-state index in [2.05, 4.69) is 22.0 Å². The van der Waals surface area contributed by atoms with Gasteiger partial charge in [0.25, 0.3) is 0 Å². The number of aromatic nitrogens is 1. The molecule has 1 atom stereocenters. The third-order valence-corrected chi connectivity index (χ3v) is 13.9. The summed E-state index contributed by atoms with van der Waals surface area (Å²) in [5.74, 6) is 0.0771. The summed E-state index contributed by atoms with van der Waals surface area (Å²) < 4.78 is 57.6. The van der Waals surface area contributed by atoms with Crippen molar-refractivity contribution in [1.29, 1.82) is 0 Å². The van der Waals surface area contributed by atoms with Crippen molar-refractivity contribution >= 4 is 36.5 Å². The van der Waals surface area contributed by atoms with E-state index in [1.54, 1.807) is 14.7 Å². The van der Waals surface area contributed by atoms with Crippen molar-refractivity contribution in [2.45, 2.75) is 69.2 Å². The molecule has 0 aliphatic carbocycles. The van der Waals surface area contributed by atoms with Gasteiger partial charge >= 0.3 is 0 Å². The van der Waals surface area contributed by atoms with E-state index in [-0.39, 0.29) is 17.2 Å². The summed E-state index contributed by atoms with van der Waals surface area (Å²) in [6.07, 6.45) is 10.3. The van der Waals surface area contributed by atoms with Gasteiger partial charge in [0.05, 0.1) is 10.6 Å². The van der Waals surface area contributed by atoms with Gasteiger partial charge in [0.1, 0.15) is 0 Å². The molecule has 3 saturated heterocycles. The standard InChI is InChI=1S/C32H42N4O4S2/c1-26-10-11-31(30-9-3-2-8-29(26)30)42(39,40)36-20-4-6-28(36)7-5-25-41(37,38)35-23-16-32(17-24-35)14-21-34(22-15-32)27-12-18-33-19-13-27/h2-3,8-13,18-19,28H,4-7,14-17,20-25H2,1H3/t28-/m0/s1. The molecule has 3 aliphatic rings. The second-order valence-electron chi connectivity index (χ2n) is 12.4. The lowest BCUT2D eigenvalue weighted by Gasteiger charge is -2.47. The molecule has 3 aliphatic heterocycles. The molecule has 0 bridgehead atoms. The molecule has 1 aromatic heterocycles. The Morgan fingerprint density at radius 3 is 2.21 bits per heavy atom. The molecule has 0 unspecified atom stereocenters. The normalized spacial score (nSPS) is 22.2. The average Bonchev–Trinajstić information content (AvgIpc) is 3.48. The third kappa shape index (κ3) is 5.83. The molecule has 3 fully saturated rings. The highest BCUT2D eigenvalue weighted by molar-refractivity contribution is 7.89. The van der Waals surface area contributed by atoms with Gasteiger partial charge in [0.15, 0.2) is 0 Å². The zero-order valence-electron chi connectivity index (χ0n) is 24.5. The van der Waals surface area contributed by atoms with Gasteiger partial charge in [-0.2, -0.15) is 4.31 Å². The molecule has 2 aromatic carbocycles. The minimum absolute atomic E-state index is 0.0771. The first-order valence-corrected chi connectivity index (χ1v) is 18.4. The molecular formula is C32H42N4O4S2. The summed E-state index contributed by atoms with van der Waals surface area (Å²) in [6.45, 7) is 5.64. The predicted octanol–water partition coefficient (Wildman–Crippen LogP) is 5.19. The first-order chi connectivity index (χ1) is 20.2. The number of pyridine rings is 1. The molecule has 10 heteroatoms. The number of fused-ring (bicyclic) bond motifs is 1. The van der Waals surface area contributed by atoms with Gasteiger partial charge in [-0.05, 0) is 92.9 Å². The van der Waals surface area contributed by atoms with Crippen molar-refractivity contribution in [3.8, 4) is 0 Å². The minimum atomic E-state index is -3.69. The van der Waals surface area contributed by atoms with Crippen LogP contribution in [0.25, 0.3) is 10.8 Å². The molecule has 226 valence electrons. The van der Waals surface area contributed by atoms with Crippen molar-refractivity contribution in [3.05, 3.63) is 66.5 Å². The maximum absolute atomic E-state index is 13.8. The molecular weight excluding hydrogens is 569 g/mol. The number of benzene rings is 2. The predicted molar refractivity (Wildman–Crippen MR) is 168 cm³/mol. The number of piperidine rings is 2. The summed E-state index contributed by atoms with van der Waals surface area (Å²) in [7, 11) is -7.06. The fourth-order valence-corrected chi connectivity index (χ4v) is 10.8. The highest BCUT2D eigenvalue weighted by Gasteiger charge is 2.41. The number of hydrogen-bond acceptors (Lipinski definition) is 6. The quantitative estimate of drug-likeness (QED) is 0.349. The lowest BCUT2D eigenvalue weighted by molar-refractivity contribution is 0.119. The van der Waals surface area contributed by atoms with Crippen LogP contribution in [-0.2, 0) is 20.0 Å². The van der Waals surface area contributed by atoms with E-state index in [1.807, 2.05) is 49.6 Å². The Morgan fingerprint density at radius 2 is 1.50 bits per heavy atom. The van der Waals surface area contributed by atoms with E-state index in [0.29, 0.717) is 37.4 Å². The van der Waals surface area contributed by atoms with Gasteiger partial charge in [-0.1, -0.05) is 30.3 Å².